The summed E-state index contributed by atoms with van der Waals surface area (Å²) < 4.78 is 0. The van der Waals surface area contributed by atoms with Crippen molar-refractivity contribution < 1.29 is 9.59 Å². The highest BCUT2D eigenvalue weighted by Crippen LogP contribution is 2.36. The molecule has 2 heterocycles. The number of hydrazine groups is 1. The molecule has 1 aromatic rings. The first kappa shape index (κ1) is 17.0. The average Bonchev–Trinajstić information content (AvgIpc) is 3.39. The predicted molar refractivity (Wildman–Crippen MR) is 95.9 cm³/mol. The number of amides is 2. The van der Waals surface area contributed by atoms with Crippen molar-refractivity contribution in [1.29, 1.82) is 5.26 Å². The number of rotatable bonds is 3. The van der Waals surface area contributed by atoms with Gasteiger partial charge in [0.15, 0.2) is 0 Å². The number of benzene rings is 1. The van der Waals surface area contributed by atoms with Crippen LogP contribution in [0.2, 0.25) is 0 Å². The standard InChI is InChI=1S/C19H23N5O2/c1-12-10-24(17-5-3-2-4-14(17)9-20)18(25)11-23(12)19(26)16-8-15(21-22-16)13-6-7-13/h2-5,12-13,15-16,21-22H,6-8,10-11H2,1H3. The van der Waals surface area contributed by atoms with Crippen LogP contribution in [0.3, 0.4) is 0 Å². The Bertz CT molecular complexity index is 769. The van der Waals surface area contributed by atoms with Crippen LogP contribution in [0.1, 0.15) is 31.7 Å². The summed E-state index contributed by atoms with van der Waals surface area (Å²) in [7, 11) is 0. The van der Waals surface area contributed by atoms with E-state index in [1.165, 1.54) is 12.8 Å². The third-order valence-corrected chi connectivity index (χ3v) is 5.61. The maximum absolute atomic E-state index is 12.9. The summed E-state index contributed by atoms with van der Waals surface area (Å²) in [5, 5.41) is 9.29. The Morgan fingerprint density at radius 3 is 2.77 bits per heavy atom. The SMILES string of the molecule is CC1CN(c2ccccc2C#N)C(=O)CN1C(=O)C1CC(C2CC2)NN1. The van der Waals surface area contributed by atoms with Gasteiger partial charge in [0.1, 0.15) is 18.7 Å². The molecule has 3 aliphatic rings. The monoisotopic (exact) mass is 353 g/mol. The molecule has 7 heteroatoms. The molecule has 2 saturated heterocycles. The summed E-state index contributed by atoms with van der Waals surface area (Å²) >= 11 is 0. The Labute approximate surface area is 152 Å². The molecule has 1 aromatic carbocycles. The zero-order valence-electron chi connectivity index (χ0n) is 14.8. The fourth-order valence-electron chi connectivity index (χ4n) is 3.93. The van der Waals surface area contributed by atoms with E-state index in [0.29, 0.717) is 29.8 Å². The van der Waals surface area contributed by atoms with Gasteiger partial charge in [0.25, 0.3) is 0 Å². The van der Waals surface area contributed by atoms with Crippen LogP contribution in [0.4, 0.5) is 5.69 Å². The summed E-state index contributed by atoms with van der Waals surface area (Å²) in [6, 6.07) is 9.21. The Balaban J connectivity index is 1.46. The van der Waals surface area contributed by atoms with Gasteiger partial charge in [-0.15, -0.1) is 0 Å². The lowest BCUT2D eigenvalue weighted by atomic mass is 10.0. The lowest BCUT2D eigenvalue weighted by molar-refractivity contribution is -0.140. The Morgan fingerprint density at radius 1 is 1.27 bits per heavy atom. The molecule has 3 fully saturated rings. The number of para-hydroxylation sites is 1. The first-order valence-electron chi connectivity index (χ1n) is 9.19. The second kappa shape index (κ2) is 6.71. The molecule has 2 aliphatic heterocycles. The summed E-state index contributed by atoms with van der Waals surface area (Å²) in [6.07, 6.45) is 3.24. The summed E-state index contributed by atoms with van der Waals surface area (Å²) in [5.74, 6) is 0.511. The quantitative estimate of drug-likeness (QED) is 0.838. The second-order valence-electron chi connectivity index (χ2n) is 7.47. The normalized spacial score (nSPS) is 28.9. The summed E-state index contributed by atoms with van der Waals surface area (Å²) in [6.45, 7) is 2.40. The molecular formula is C19H23N5O2. The highest BCUT2D eigenvalue weighted by molar-refractivity contribution is 5.99. The molecule has 0 radical (unpaired) electrons. The van der Waals surface area contributed by atoms with Crippen LogP contribution in [0.15, 0.2) is 24.3 Å². The molecule has 1 saturated carbocycles. The van der Waals surface area contributed by atoms with Gasteiger partial charge in [-0.1, -0.05) is 12.1 Å². The number of nitrogens with zero attached hydrogens (tertiary/aromatic N) is 3. The second-order valence-corrected chi connectivity index (χ2v) is 7.47. The Hall–Kier alpha value is -2.43. The van der Waals surface area contributed by atoms with Crippen LogP contribution in [0.5, 0.6) is 0 Å². The van der Waals surface area contributed by atoms with Crippen molar-refractivity contribution >= 4 is 17.5 Å². The van der Waals surface area contributed by atoms with Gasteiger partial charge >= 0.3 is 0 Å². The maximum Gasteiger partial charge on any atom is 0.246 e. The number of carbonyl (C=O) groups excluding carboxylic acids is 2. The summed E-state index contributed by atoms with van der Waals surface area (Å²) in [4.78, 5) is 28.9. The lowest BCUT2D eigenvalue weighted by Crippen LogP contribution is -2.60. The van der Waals surface area contributed by atoms with E-state index in [1.54, 1.807) is 28.0 Å². The van der Waals surface area contributed by atoms with E-state index in [9.17, 15) is 14.9 Å². The number of hydrogen-bond acceptors (Lipinski definition) is 5. The van der Waals surface area contributed by atoms with Gasteiger partial charge in [0.05, 0.1) is 11.3 Å². The van der Waals surface area contributed by atoms with Crippen molar-refractivity contribution in [2.24, 2.45) is 5.92 Å². The minimum atomic E-state index is -0.270. The zero-order chi connectivity index (χ0) is 18.3. The van der Waals surface area contributed by atoms with Gasteiger partial charge in [-0.05, 0) is 44.2 Å². The largest absolute Gasteiger partial charge is 0.327 e. The zero-order valence-corrected chi connectivity index (χ0v) is 14.8. The average molecular weight is 353 g/mol. The molecule has 26 heavy (non-hydrogen) atoms. The van der Waals surface area contributed by atoms with Gasteiger partial charge in [-0.3, -0.25) is 15.0 Å². The number of hydrogen-bond donors (Lipinski definition) is 2. The Kier molecular flexibility index (Phi) is 4.39. The van der Waals surface area contributed by atoms with Crippen LogP contribution in [-0.4, -0.2) is 47.9 Å². The van der Waals surface area contributed by atoms with E-state index in [2.05, 4.69) is 16.9 Å². The molecule has 3 unspecified atom stereocenters. The van der Waals surface area contributed by atoms with E-state index in [-0.39, 0.29) is 30.4 Å². The van der Waals surface area contributed by atoms with E-state index in [0.717, 1.165) is 6.42 Å². The fraction of sp³-hybridized carbons (Fsp3) is 0.526. The van der Waals surface area contributed by atoms with Crippen molar-refractivity contribution in [3.63, 3.8) is 0 Å². The van der Waals surface area contributed by atoms with Gasteiger partial charge < -0.3 is 9.80 Å². The lowest BCUT2D eigenvalue weighted by Gasteiger charge is -2.40. The molecule has 7 nitrogen and oxygen atoms in total. The minimum absolute atomic E-state index is 0.0188. The molecule has 3 atom stereocenters. The number of piperazine rings is 1. The molecule has 4 rings (SSSR count). The summed E-state index contributed by atoms with van der Waals surface area (Å²) in [5.41, 5.74) is 7.44. The Morgan fingerprint density at radius 2 is 2.04 bits per heavy atom. The molecular weight excluding hydrogens is 330 g/mol. The first-order valence-corrected chi connectivity index (χ1v) is 9.19. The highest BCUT2D eigenvalue weighted by atomic mass is 16.2. The van der Waals surface area contributed by atoms with Crippen LogP contribution in [0, 0.1) is 17.2 Å². The van der Waals surface area contributed by atoms with Crippen LogP contribution in [0.25, 0.3) is 0 Å². The fourth-order valence-corrected chi connectivity index (χ4v) is 3.93. The predicted octanol–water partition coefficient (Wildman–Crippen LogP) is 0.767. The van der Waals surface area contributed by atoms with Crippen LogP contribution in [-0.2, 0) is 9.59 Å². The molecule has 2 N–H and O–H groups in total. The smallest absolute Gasteiger partial charge is 0.246 e. The van der Waals surface area contributed by atoms with E-state index in [1.807, 2.05) is 13.0 Å². The van der Waals surface area contributed by atoms with Crippen molar-refractivity contribution in [3.8, 4) is 6.07 Å². The van der Waals surface area contributed by atoms with Crippen molar-refractivity contribution in [2.75, 3.05) is 18.0 Å². The van der Waals surface area contributed by atoms with Crippen LogP contribution >= 0.6 is 0 Å². The number of nitrogens with one attached hydrogen (secondary N) is 2. The molecule has 0 aromatic heterocycles. The number of carbonyl (C=O) groups is 2. The van der Waals surface area contributed by atoms with E-state index >= 15 is 0 Å². The van der Waals surface area contributed by atoms with Crippen molar-refractivity contribution in [1.82, 2.24) is 15.8 Å². The molecule has 0 bridgehead atoms. The first-order chi connectivity index (χ1) is 12.6. The number of nitriles is 1. The molecule has 136 valence electrons. The van der Waals surface area contributed by atoms with E-state index < -0.39 is 0 Å². The van der Waals surface area contributed by atoms with E-state index in [4.69, 9.17) is 0 Å². The topological polar surface area (TPSA) is 88.5 Å². The van der Waals surface area contributed by atoms with Gasteiger partial charge in [-0.2, -0.15) is 5.26 Å². The third kappa shape index (κ3) is 3.06. The van der Waals surface area contributed by atoms with Crippen molar-refractivity contribution in [3.05, 3.63) is 29.8 Å². The molecule has 1 aliphatic carbocycles. The maximum atomic E-state index is 12.9. The number of anilines is 1. The molecule has 2 amide bonds. The van der Waals surface area contributed by atoms with Crippen molar-refractivity contribution in [2.45, 2.75) is 44.3 Å². The highest BCUT2D eigenvalue weighted by Gasteiger charge is 2.42. The third-order valence-electron chi connectivity index (χ3n) is 5.61. The minimum Gasteiger partial charge on any atom is -0.327 e. The van der Waals surface area contributed by atoms with Gasteiger partial charge in [-0.25, -0.2) is 5.43 Å². The van der Waals surface area contributed by atoms with Gasteiger partial charge in [0, 0.05) is 18.6 Å². The van der Waals surface area contributed by atoms with Crippen LogP contribution < -0.4 is 15.8 Å². The molecule has 0 spiro atoms. The van der Waals surface area contributed by atoms with Gasteiger partial charge in [0.2, 0.25) is 11.8 Å².